The van der Waals surface area contributed by atoms with Gasteiger partial charge in [-0.3, -0.25) is 9.59 Å². The predicted molar refractivity (Wildman–Crippen MR) is 140 cm³/mol. The molecule has 228 valence electrons. The molecular weight excluding hydrogens is 563 g/mol. The van der Waals surface area contributed by atoms with Gasteiger partial charge in [-0.1, -0.05) is 13.8 Å². The van der Waals surface area contributed by atoms with Gasteiger partial charge in [-0.05, 0) is 49.1 Å². The standard InChI is InChI=1S/C28H33F5N6O3/c1-15(2)25-24(34-14-42-25)26(41)38-23(17-5-8-27(29,30)9-6-17)19-13-39-20(36-19)11-18(12-35-39)22(16-3-4-16)37-21(40)7-10-28(31,32)33/h11-17,22-23H,3-10H2,1-2H3,(H,37,40)(H,38,41)/t22?,23-/m0/s1. The molecule has 2 N–H and O–H groups in total. The minimum atomic E-state index is -4.43. The van der Waals surface area contributed by atoms with E-state index in [-0.39, 0.29) is 49.1 Å². The number of nitrogens with zero attached hydrogens (tertiary/aromatic N) is 4. The first-order valence-corrected chi connectivity index (χ1v) is 14.1. The molecule has 0 aromatic carbocycles. The van der Waals surface area contributed by atoms with E-state index >= 15 is 0 Å². The van der Waals surface area contributed by atoms with E-state index in [2.05, 4.69) is 25.7 Å². The van der Waals surface area contributed by atoms with E-state index in [9.17, 15) is 31.5 Å². The van der Waals surface area contributed by atoms with Gasteiger partial charge >= 0.3 is 6.18 Å². The smallest absolute Gasteiger partial charge is 0.389 e. The second kappa shape index (κ2) is 11.6. The summed E-state index contributed by atoms with van der Waals surface area (Å²) in [6.45, 7) is 3.72. The molecule has 9 nitrogen and oxygen atoms in total. The zero-order valence-electron chi connectivity index (χ0n) is 23.3. The van der Waals surface area contributed by atoms with Gasteiger partial charge in [0.1, 0.15) is 5.76 Å². The minimum absolute atomic E-state index is 0.0760. The fraction of sp³-hybridized carbons (Fsp3) is 0.607. The molecule has 2 saturated carbocycles. The monoisotopic (exact) mass is 596 g/mol. The molecule has 3 heterocycles. The molecule has 2 aliphatic rings. The van der Waals surface area contributed by atoms with Crippen LogP contribution in [0.3, 0.4) is 0 Å². The van der Waals surface area contributed by atoms with Crippen LogP contribution in [0.1, 0.15) is 111 Å². The van der Waals surface area contributed by atoms with Gasteiger partial charge in [-0.2, -0.15) is 18.3 Å². The highest BCUT2D eigenvalue weighted by Crippen LogP contribution is 2.43. The average Bonchev–Trinajstić information content (AvgIpc) is 3.47. The quantitative estimate of drug-likeness (QED) is 0.276. The van der Waals surface area contributed by atoms with Crippen LogP contribution < -0.4 is 10.6 Å². The van der Waals surface area contributed by atoms with Gasteiger partial charge in [0.25, 0.3) is 5.91 Å². The third-order valence-corrected chi connectivity index (χ3v) is 7.94. The van der Waals surface area contributed by atoms with Gasteiger partial charge in [-0.15, -0.1) is 0 Å². The van der Waals surface area contributed by atoms with Crippen molar-refractivity contribution in [1.82, 2.24) is 30.2 Å². The van der Waals surface area contributed by atoms with Gasteiger partial charge in [0.2, 0.25) is 11.8 Å². The number of alkyl halides is 5. The lowest BCUT2D eigenvalue weighted by Crippen LogP contribution is -2.37. The number of imidazole rings is 1. The van der Waals surface area contributed by atoms with Crippen molar-refractivity contribution in [2.24, 2.45) is 11.8 Å². The van der Waals surface area contributed by atoms with Crippen LogP contribution in [-0.4, -0.2) is 43.5 Å². The van der Waals surface area contributed by atoms with Gasteiger partial charge in [0, 0.05) is 25.2 Å². The maximum absolute atomic E-state index is 14.0. The van der Waals surface area contributed by atoms with Gasteiger partial charge < -0.3 is 15.1 Å². The van der Waals surface area contributed by atoms with E-state index in [0.717, 1.165) is 12.8 Å². The molecule has 5 rings (SSSR count). The minimum Gasteiger partial charge on any atom is -0.447 e. The number of aromatic nitrogens is 4. The third-order valence-electron chi connectivity index (χ3n) is 7.94. The van der Waals surface area contributed by atoms with Crippen molar-refractivity contribution in [3.63, 3.8) is 0 Å². The van der Waals surface area contributed by atoms with Crippen molar-refractivity contribution in [2.45, 2.75) is 95.3 Å². The van der Waals surface area contributed by atoms with E-state index in [4.69, 9.17) is 4.42 Å². The summed E-state index contributed by atoms with van der Waals surface area (Å²) in [4.78, 5) is 34.3. The molecule has 0 aliphatic heterocycles. The zero-order valence-corrected chi connectivity index (χ0v) is 23.3. The fourth-order valence-corrected chi connectivity index (χ4v) is 5.51. The average molecular weight is 597 g/mol. The van der Waals surface area contributed by atoms with Crippen molar-refractivity contribution in [3.05, 3.63) is 47.6 Å². The molecule has 2 fully saturated rings. The molecule has 0 spiro atoms. The van der Waals surface area contributed by atoms with E-state index in [1.54, 1.807) is 12.3 Å². The van der Waals surface area contributed by atoms with Crippen LogP contribution in [0.2, 0.25) is 0 Å². The lowest BCUT2D eigenvalue weighted by atomic mass is 9.81. The normalized spacial score (nSPS) is 19.1. The Balaban J connectivity index is 1.40. The van der Waals surface area contributed by atoms with E-state index < -0.39 is 48.8 Å². The number of halogens is 5. The first-order valence-electron chi connectivity index (χ1n) is 14.1. The molecule has 0 bridgehead atoms. The summed E-state index contributed by atoms with van der Waals surface area (Å²) in [6.07, 6.45) is -0.587. The van der Waals surface area contributed by atoms with Crippen LogP contribution >= 0.6 is 0 Å². The van der Waals surface area contributed by atoms with Crippen LogP contribution in [-0.2, 0) is 4.79 Å². The first-order chi connectivity index (χ1) is 19.8. The van der Waals surface area contributed by atoms with Gasteiger partial charge in [0.15, 0.2) is 17.7 Å². The summed E-state index contributed by atoms with van der Waals surface area (Å²) >= 11 is 0. The summed E-state index contributed by atoms with van der Waals surface area (Å²) < 4.78 is 72.7. The molecule has 1 unspecified atom stereocenters. The number of amides is 2. The van der Waals surface area contributed by atoms with Gasteiger partial charge in [0.05, 0.1) is 36.6 Å². The molecule has 42 heavy (non-hydrogen) atoms. The predicted octanol–water partition coefficient (Wildman–Crippen LogP) is 6.05. The number of rotatable bonds is 10. The molecule has 2 aliphatic carbocycles. The van der Waals surface area contributed by atoms with Crippen LogP contribution in [0.4, 0.5) is 22.0 Å². The Morgan fingerprint density at radius 2 is 1.79 bits per heavy atom. The van der Waals surface area contributed by atoms with Crippen molar-refractivity contribution in [2.75, 3.05) is 0 Å². The molecule has 3 aromatic rings. The third kappa shape index (κ3) is 7.06. The summed E-state index contributed by atoms with van der Waals surface area (Å²) in [5.74, 6) is -3.90. The number of carbonyl (C=O) groups is 2. The van der Waals surface area contributed by atoms with Crippen LogP contribution in [0.5, 0.6) is 0 Å². The Morgan fingerprint density at radius 1 is 1.10 bits per heavy atom. The number of hydrogen-bond acceptors (Lipinski definition) is 6. The summed E-state index contributed by atoms with van der Waals surface area (Å²) in [5, 5.41) is 10.1. The summed E-state index contributed by atoms with van der Waals surface area (Å²) in [5.41, 5.74) is 1.54. The topological polar surface area (TPSA) is 114 Å². The summed E-state index contributed by atoms with van der Waals surface area (Å²) in [6, 6.07) is 0.476. The fourth-order valence-electron chi connectivity index (χ4n) is 5.51. The number of oxazole rings is 1. The molecule has 2 amide bonds. The molecule has 2 atom stereocenters. The highest BCUT2D eigenvalue weighted by molar-refractivity contribution is 5.93. The zero-order chi connectivity index (χ0) is 30.2. The molecule has 0 saturated heterocycles. The van der Waals surface area contributed by atoms with E-state index in [0.29, 0.717) is 22.7 Å². The maximum Gasteiger partial charge on any atom is 0.389 e. The van der Waals surface area contributed by atoms with Crippen molar-refractivity contribution in [1.29, 1.82) is 0 Å². The lowest BCUT2D eigenvalue weighted by molar-refractivity contribution is -0.144. The number of nitrogens with one attached hydrogen (secondary N) is 2. The molecule has 3 aromatic heterocycles. The maximum atomic E-state index is 14.0. The highest BCUT2D eigenvalue weighted by atomic mass is 19.4. The Bertz CT molecular complexity index is 1420. The molecule has 0 radical (unpaired) electrons. The second-order valence-corrected chi connectivity index (χ2v) is 11.6. The molecule has 14 heteroatoms. The summed E-state index contributed by atoms with van der Waals surface area (Å²) in [7, 11) is 0. The Kier molecular flexibility index (Phi) is 8.26. The molecular formula is C28H33F5N6O3. The van der Waals surface area contributed by atoms with Crippen LogP contribution in [0, 0.1) is 11.8 Å². The SMILES string of the molecule is CC(C)c1ocnc1C(=O)N[C@H](c1cn2ncc(C(NC(=O)CCC(F)(F)F)C3CC3)cc2n1)C1CCC(F)(F)CC1. The van der Waals surface area contributed by atoms with Crippen molar-refractivity contribution in [3.8, 4) is 0 Å². The Hall–Kier alpha value is -3.58. The second-order valence-electron chi connectivity index (χ2n) is 11.6. The number of carbonyl (C=O) groups excluding carboxylic acids is 2. The Morgan fingerprint density at radius 3 is 2.43 bits per heavy atom. The van der Waals surface area contributed by atoms with Crippen molar-refractivity contribution >= 4 is 17.5 Å². The number of hydrogen-bond donors (Lipinski definition) is 2. The first kappa shape index (κ1) is 29.9. The number of fused-ring (bicyclic) bond motifs is 1. The largest absolute Gasteiger partial charge is 0.447 e. The Labute approximate surface area is 238 Å². The van der Waals surface area contributed by atoms with E-state index in [1.807, 2.05) is 13.8 Å². The lowest BCUT2D eigenvalue weighted by Gasteiger charge is -2.33. The van der Waals surface area contributed by atoms with Crippen molar-refractivity contribution < 1.29 is 36.0 Å². The van der Waals surface area contributed by atoms with E-state index in [1.165, 1.54) is 17.1 Å². The van der Waals surface area contributed by atoms with Gasteiger partial charge in [-0.25, -0.2) is 23.3 Å². The van der Waals surface area contributed by atoms with Crippen LogP contribution in [0.15, 0.2) is 29.3 Å². The highest BCUT2D eigenvalue weighted by Gasteiger charge is 2.40. The van der Waals surface area contributed by atoms with Crippen LogP contribution in [0.25, 0.3) is 5.65 Å².